The molecule has 5 heteroatoms. The van der Waals surface area contributed by atoms with Gasteiger partial charge in [0.05, 0.1) is 18.7 Å². The fourth-order valence-electron chi connectivity index (χ4n) is 0.739. The van der Waals surface area contributed by atoms with Crippen molar-refractivity contribution in [1.82, 2.24) is 15.3 Å². The highest BCUT2D eigenvalue weighted by molar-refractivity contribution is 5.91. The Morgan fingerprint density at radius 2 is 2.46 bits per heavy atom. The van der Waals surface area contributed by atoms with Crippen LogP contribution in [-0.2, 0) is 0 Å². The van der Waals surface area contributed by atoms with Crippen molar-refractivity contribution in [2.45, 2.75) is 6.42 Å². The third-order valence-electron chi connectivity index (χ3n) is 1.32. The van der Waals surface area contributed by atoms with E-state index < -0.39 is 0 Å². The van der Waals surface area contributed by atoms with E-state index in [0.29, 0.717) is 13.0 Å². The number of aromatic nitrogens is 2. The lowest BCUT2D eigenvalue weighted by molar-refractivity contribution is 0.0949. The monoisotopic (exact) mass is 176 g/mol. The molecule has 0 spiro atoms. The van der Waals surface area contributed by atoms with Crippen LogP contribution in [0.15, 0.2) is 18.6 Å². The van der Waals surface area contributed by atoms with Gasteiger partial charge in [-0.25, -0.2) is 4.98 Å². The zero-order chi connectivity index (χ0) is 9.52. The summed E-state index contributed by atoms with van der Waals surface area (Å²) in [6.45, 7) is 0.339. The first kappa shape index (κ1) is 9.13. The Morgan fingerprint density at radius 1 is 1.62 bits per heavy atom. The summed E-state index contributed by atoms with van der Waals surface area (Å²) in [5, 5.41) is 10.8. The predicted octanol–water partition coefficient (Wildman–Crippen LogP) is 0.120. The maximum absolute atomic E-state index is 11.2. The highest BCUT2D eigenvalue weighted by atomic mass is 16.1. The van der Waals surface area contributed by atoms with E-state index in [9.17, 15) is 4.79 Å². The average molecular weight is 176 g/mol. The van der Waals surface area contributed by atoms with Gasteiger partial charge >= 0.3 is 0 Å². The SMILES string of the molecule is N#CCCNC(=O)c1cnccn1. The quantitative estimate of drug-likeness (QED) is 0.663. The maximum Gasteiger partial charge on any atom is 0.271 e. The maximum atomic E-state index is 11.2. The molecule has 1 aromatic rings. The molecule has 0 unspecified atom stereocenters. The zero-order valence-electron chi connectivity index (χ0n) is 6.90. The van der Waals surface area contributed by atoms with Crippen LogP contribution >= 0.6 is 0 Å². The van der Waals surface area contributed by atoms with Crippen molar-refractivity contribution in [2.24, 2.45) is 0 Å². The van der Waals surface area contributed by atoms with Gasteiger partial charge in [0.1, 0.15) is 5.69 Å². The Bertz CT molecular complexity index is 317. The number of hydrogen-bond donors (Lipinski definition) is 1. The molecule has 0 aliphatic rings. The first-order valence-electron chi connectivity index (χ1n) is 3.76. The second kappa shape index (κ2) is 4.83. The number of nitrogens with zero attached hydrogens (tertiary/aromatic N) is 3. The van der Waals surface area contributed by atoms with Gasteiger partial charge < -0.3 is 5.32 Å². The van der Waals surface area contributed by atoms with Crippen LogP contribution in [0.25, 0.3) is 0 Å². The summed E-state index contributed by atoms with van der Waals surface area (Å²) in [4.78, 5) is 18.7. The molecule has 1 amide bonds. The molecule has 1 N–H and O–H groups in total. The van der Waals surface area contributed by atoms with E-state index in [2.05, 4.69) is 15.3 Å². The van der Waals surface area contributed by atoms with Crippen molar-refractivity contribution < 1.29 is 4.79 Å². The first-order valence-corrected chi connectivity index (χ1v) is 3.76. The van der Waals surface area contributed by atoms with E-state index >= 15 is 0 Å². The van der Waals surface area contributed by atoms with Gasteiger partial charge in [0, 0.05) is 18.9 Å². The molecule has 0 aliphatic heterocycles. The van der Waals surface area contributed by atoms with Gasteiger partial charge in [0.15, 0.2) is 0 Å². The van der Waals surface area contributed by atoms with E-state index in [0.717, 1.165) is 0 Å². The highest BCUT2D eigenvalue weighted by Crippen LogP contribution is 1.89. The normalized spacial score (nSPS) is 8.85. The van der Waals surface area contributed by atoms with Crippen LogP contribution in [0.1, 0.15) is 16.9 Å². The van der Waals surface area contributed by atoms with Crippen LogP contribution in [0.5, 0.6) is 0 Å². The number of nitrogens with one attached hydrogen (secondary N) is 1. The number of amides is 1. The molecule has 0 radical (unpaired) electrons. The summed E-state index contributed by atoms with van der Waals surface area (Å²) in [6.07, 6.45) is 4.61. The molecule has 0 saturated carbocycles. The molecule has 1 aromatic heterocycles. The standard InChI is InChI=1S/C8H8N4O/c9-2-1-3-12-8(13)7-6-10-4-5-11-7/h4-6H,1,3H2,(H,12,13). The Kier molecular flexibility index (Phi) is 3.39. The van der Waals surface area contributed by atoms with Crippen molar-refractivity contribution in [2.75, 3.05) is 6.54 Å². The van der Waals surface area contributed by atoms with Gasteiger partial charge in [-0.15, -0.1) is 0 Å². The molecule has 0 aliphatic carbocycles. The number of hydrogen-bond acceptors (Lipinski definition) is 4. The molecule has 66 valence electrons. The topological polar surface area (TPSA) is 78.7 Å². The number of carbonyl (C=O) groups is 1. The van der Waals surface area contributed by atoms with Crippen LogP contribution in [-0.4, -0.2) is 22.4 Å². The van der Waals surface area contributed by atoms with E-state index in [4.69, 9.17) is 5.26 Å². The van der Waals surface area contributed by atoms with Gasteiger partial charge in [-0.2, -0.15) is 5.26 Å². The fourth-order valence-corrected chi connectivity index (χ4v) is 0.739. The smallest absolute Gasteiger partial charge is 0.271 e. The Labute approximate surface area is 75.4 Å². The van der Waals surface area contributed by atoms with Crippen molar-refractivity contribution in [3.8, 4) is 6.07 Å². The largest absolute Gasteiger partial charge is 0.350 e. The van der Waals surface area contributed by atoms with Crippen molar-refractivity contribution in [1.29, 1.82) is 5.26 Å². The summed E-state index contributed by atoms with van der Waals surface area (Å²) >= 11 is 0. The highest BCUT2D eigenvalue weighted by Gasteiger charge is 2.04. The van der Waals surface area contributed by atoms with Crippen molar-refractivity contribution in [3.63, 3.8) is 0 Å². The lowest BCUT2D eigenvalue weighted by atomic mass is 10.4. The third-order valence-corrected chi connectivity index (χ3v) is 1.32. The van der Waals surface area contributed by atoms with Gasteiger partial charge in [0.25, 0.3) is 5.91 Å². The zero-order valence-corrected chi connectivity index (χ0v) is 6.90. The average Bonchev–Trinajstić information content (AvgIpc) is 2.19. The minimum Gasteiger partial charge on any atom is -0.350 e. The molecule has 0 saturated heterocycles. The Balaban J connectivity index is 2.46. The van der Waals surface area contributed by atoms with E-state index in [-0.39, 0.29) is 11.6 Å². The molecule has 0 atom stereocenters. The first-order chi connectivity index (χ1) is 6.34. The van der Waals surface area contributed by atoms with Gasteiger partial charge in [-0.05, 0) is 0 Å². The lowest BCUT2D eigenvalue weighted by Gasteiger charge is -1.99. The van der Waals surface area contributed by atoms with Crippen LogP contribution in [0.2, 0.25) is 0 Å². The summed E-state index contributed by atoms with van der Waals surface area (Å²) in [5.41, 5.74) is 0.264. The molecule has 0 fully saturated rings. The Morgan fingerprint density at radius 3 is 3.08 bits per heavy atom. The van der Waals surface area contributed by atoms with Crippen LogP contribution in [0.4, 0.5) is 0 Å². The molecule has 1 heterocycles. The molecule has 0 bridgehead atoms. The lowest BCUT2D eigenvalue weighted by Crippen LogP contribution is -2.25. The Hall–Kier alpha value is -1.96. The minimum absolute atomic E-state index is 0.264. The van der Waals surface area contributed by atoms with Gasteiger partial charge in [-0.1, -0.05) is 0 Å². The summed E-state index contributed by atoms with van der Waals surface area (Å²) in [7, 11) is 0. The van der Waals surface area contributed by atoms with Crippen molar-refractivity contribution >= 4 is 5.91 Å². The number of rotatable bonds is 3. The van der Waals surface area contributed by atoms with Gasteiger partial charge in [-0.3, -0.25) is 9.78 Å². The molecule has 13 heavy (non-hydrogen) atoms. The molecular formula is C8H8N4O. The predicted molar refractivity (Wildman–Crippen MR) is 44.6 cm³/mol. The summed E-state index contributed by atoms with van der Waals surface area (Å²) < 4.78 is 0. The van der Waals surface area contributed by atoms with E-state index in [1.54, 1.807) is 0 Å². The fraction of sp³-hybridized carbons (Fsp3) is 0.250. The molecule has 0 aromatic carbocycles. The second-order valence-corrected chi connectivity index (χ2v) is 2.25. The van der Waals surface area contributed by atoms with E-state index in [1.165, 1.54) is 18.6 Å². The van der Waals surface area contributed by atoms with Crippen molar-refractivity contribution in [3.05, 3.63) is 24.3 Å². The van der Waals surface area contributed by atoms with Crippen LogP contribution < -0.4 is 5.32 Å². The summed E-state index contributed by atoms with van der Waals surface area (Å²) in [6, 6.07) is 1.92. The molecule has 1 rings (SSSR count). The van der Waals surface area contributed by atoms with Crippen LogP contribution in [0, 0.1) is 11.3 Å². The molecule has 5 nitrogen and oxygen atoms in total. The summed E-state index contributed by atoms with van der Waals surface area (Å²) in [5.74, 6) is -0.302. The number of carbonyl (C=O) groups excluding carboxylic acids is 1. The third kappa shape index (κ3) is 2.87. The number of nitriles is 1. The van der Waals surface area contributed by atoms with Gasteiger partial charge in [0.2, 0.25) is 0 Å². The minimum atomic E-state index is -0.302. The molecular weight excluding hydrogens is 168 g/mol. The second-order valence-electron chi connectivity index (χ2n) is 2.25. The van der Waals surface area contributed by atoms with Crippen LogP contribution in [0.3, 0.4) is 0 Å². The van der Waals surface area contributed by atoms with E-state index in [1.807, 2.05) is 6.07 Å².